The average molecular weight is 342 g/mol. The maximum Gasteiger partial charge on any atom is 0.226 e. The van der Waals surface area contributed by atoms with E-state index in [1.165, 1.54) is 9.75 Å². The zero-order valence-corrected chi connectivity index (χ0v) is 14.6. The molecule has 0 spiro atoms. The highest BCUT2D eigenvalue weighted by Gasteiger charge is 2.46. The number of hydrogen-bond donors (Lipinski definition) is 1. The zero-order valence-electron chi connectivity index (χ0n) is 13.8. The molecule has 1 amide bonds. The molecule has 2 aromatic heterocycles. The molecule has 0 aromatic carbocycles. The number of hydrogen-bond acceptors (Lipinski definition) is 5. The Kier molecular flexibility index (Phi) is 4.22. The van der Waals surface area contributed by atoms with Crippen molar-refractivity contribution in [3.8, 4) is 0 Å². The fourth-order valence-electron chi connectivity index (χ4n) is 3.50. The standard InChI is InChI=1S/C18H22N4OS/c1-12-4-5-16(24-12)14-11-15(14)18(23)22-9-6-13(7-10-22)20-17-3-2-8-19-21-17/h2-5,8,13-15H,6-7,9-11H2,1H3,(H,20,21)/t14-,15+/m0/s1. The number of aromatic nitrogens is 2. The van der Waals surface area contributed by atoms with Crippen LogP contribution in [-0.2, 0) is 4.79 Å². The molecule has 2 fully saturated rings. The van der Waals surface area contributed by atoms with Crippen LogP contribution in [0.25, 0.3) is 0 Å². The van der Waals surface area contributed by atoms with Crippen LogP contribution in [0.2, 0.25) is 0 Å². The first-order valence-corrected chi connectivity index (χ1v) is 9.42. The first-order valence-electron chi connectivity index (χ1n) is 8.60. The highest BCUT2D eigenvalue weighted by molar-refractivity contribution is 7.12. The van der Waals surface area contributed by atoms with Crippen LogP contribution in [0, 0.1) is 12.8 Å². The molecule has 1 saturated carbocycles. The van der Waals surface area contributed by atoms with Crippen LogP contribution >= 0.6 is 11.3 Å². The Hall–Kier alpha value is -1.95. The number of nitrogens with zero attached hydrogens (tertiary/aromatic N) is 3. The van der Waals surface area contributed by atoms with Crippen molar-refractivity contribution in [2.45, 2.75) is 38.1 Å². The predicted molar refractivity (Wildman–Crippen MR) is 95.2 cm³/mol. The molecule has 2 atom stereocenters. The van der Waals surface area contributed by atoms with Gasteiger partial charge >= 0.3 is 0 Å². The minimum atomic E-state index is 0.215. The Labute approximate surface area is 146 Å². The highest BCUT2D eigenvalue weighted by Crippen LogP contribution is 2.50. The number of aryl methyl sites for hydroxylation is 1. The van der Waals surface area contributed by atoms with Gasteiger partial charge in [0.15, 0.2) is 0 Å². The maximum atomic E-state index is 12.7. The van der Waals surface area contributed by atoms with Crippen molar-refractivity contribution in [1.82, 2.24) is 15.1 Å². The van der Waals surface area contributed by atoms with Crippen molar-refractivity contribution in [3.63, 3.8) is 0 Å². The third-order valence-electron chi connectivity index (χ3n) is 4.97. The normalized spacial score (nSPS) is 24.0. The van der Waals surface area contributed by atoms with Gasteiger partial charge < -0.3 is 10.2 Å². The van der Waals surface area contributed by atoms with E-state index in [0.29, 0.717) is 17.9 Å². The first kappa shape index (κ1) is 15.6. The number of anilines is 1. The Morgan fingerprint density at radius 1 is 1.29 bits per heavy atom. The summed E-state index contributed by atoms with van der Waals surface area (Å²) in [5, 5.41) is 11.4. The summed E-state index contributed by atoms with van der Waals surface area (Å²) in [6.45, 7) is 3.80. The summed E-state index contributed by atoms with van der Waals surface area (Å²) < 4.78 is 0. The molecule has 1 aliphatic carbocycles. The lowest BCUT2D eigenvalue weighted by Crippen LogP contribution is -2.43. The molecule has 0 bridgehead atoms. The van der Waals surface area contributed by atoms with E-state index >= 15 is 0 Å². The van der Waals surface area contributed by atoms with Gasteiger partial charge in [0.25, 0.3) is 0 Å². The van der Waals surface area contributed by atoms with Gasteiger partial charge in [0.1, 0.15) is 5.82 Å². The van der Waals surface area contributed by atoms with Gasteiger partial charge in [0.2, 0.25) is 5.91 Å². The number of thiophene rings is 1. The van der Waals surface area contributed by atoms with Gasteiger partial charge in [-0.3, -0.25) is 4.79 Å². The smallest absolute Gasteiger partial charge is 0.226 e. The second-order valence-corrected chi connectivity index (χ2v) is 8.07. The quantitative estimate of drug-likeness (QED) is 0.928. The van der Waals surface area contributed by atoms with Gasteiger partial charge in [0.05, 0.1) is 0 Å². The van der Waals surface area contributed by atoms with Crippen LogP contribution in [0.4, 0.5) is 5.82 Å². The van der Waals surface area contributed by atoms with E-state index in [1.54, 1.807) is 6.20 Å². The first-order chi connectivity index (χ1) is 11.7. The maximum absolute atomic E-state index is 12.7. The van der Waals surface area contributed by atoms with Gasteiger partial charge in [-0.25, -0.2) is 0 Å². The molecule has 0 unspecified atom stereocenters. The Bertz CT molecular complexity index is 709. The van der Waals surface area contributed by atoms with Crippen LogP contribution in [-0.4, -0.2) is 40.1 Å². The van der Waals surface area contributed by atoms with E-state index < -0.39 is 0 Å². The zero-order chi connectivity index (χ0) is 16.5. The van der Waals surface area contributed by atoms with E-state index in [-0.39, 0.29) is 5.92 Å². The molecule has 24 heavy (non-hydrogen) atoms. The second-order valence-electron chi connectivity index (χ2n) is 6.75. The Morgan fingerprint density at radius 2 is 2.12 bits per heavy atom. The van der Waals surface area contributed by atoms with Gasteiger partial charge in [-0.2, -0.15) is 5.10 Å². The topological polar surface area (TPSA) is 58.1 Å². The van der Waals surface area contributed by atoms with E-state index in [2.05, 4.69) is 39.5 Å². The minimum Gasteiger partial charge on any atom is -0.366 e. The van der Waals surface area contributed by atoms with Crippen molar-refractivity contribution < 1.29 is 4.79 Å². The van der Waals surface area contributed by atoms with Crippen molar-refractivity contribution in [3.05, 3.63) is 40.2 Å². The summed E-state index contributed by atoms with van der Waals surface area (Å²) in [4.78, 5) is 17.5. The van der Waals surface area contributed by atoms with Gasteiger partial charge in [-0.05, 0) is 50.5 Å². The monoisotopic (exact) mass is 342 g/mol. The lowest BCUT2D eigenvalue weighted by molar-refractivity contribution is -0.133. The molecule has 6 heteroatoms. The third kappa shape index (κ3) is 3.29. The summed E-state index contributed by atoms with van der Waals surface area (Å²) in [7, 11) is 0. The summed E-state index contributed by atoms with van der Waals surface area (Å²) >= 11 is 1.83. The minimum absolute atomic E-state index is 0.215. The average Bonchev–Trinajstić information content (AvgIpc) is 3.30. The number of carbonyl (C=O) groups is 1. The van der Waals surface area contributed by atoms with Gasteiger partial charge in [0, 0.05) is 46.9 Å². The molecule has 5 nitrogen and oxygen atoms in total. The van der Waals surface area contributed by atoms with Crippen molar-refractivity contribution in [1.29, 1.82) is 0 Å². The molecule has 0 radical (unpaired) electrons. The molecule has 1 aliphatic heterocycles. The Morgan fingerprint density at radius 3 is 2.79 bits per heavy atom. The fourth-order valence-corrected chi connectivity index (χ4v) is 4.56. The summed E-state index contributed by atoms with van der Waals surface area (Å²) in [6.07, 6.45) is 4.64. The van der Waals surface area contributed by atoms with Crippen LogP contribution < -0.4 is 5.32 Å². The van der Waals surface area contributed by atoms with Crippen LogP contribution in [0.3, 0.4) is 0 Å². The van der Waals surface area contributed by atoms with Gasteiger partial charge in [-0.15, -0.1) is 16.4 Å². The number of amides is 1. The van der Waals surface area contributed by atoms with E-state index in [4.69, 9.17) is 0 Å². The van der Waals surface area contributed by atoms with E-state index in [1.807, 2.05) is 23.5 Å². The fraction of sp³-hybridized carbons (Fsp3) is 0.500. The molecule has 2 aromatic rings. The number of carbonyl (C=O) groups excluding carboxylic acids is 1. The molecule has 1 saturated heterocycles. The molecule has 4 rings (SSSR count). The lowest BCUT2D eigenvalue weighted by Gasteiger charge is -2.32. The third-order valence-corrected chi connectivity index (χ3v) is 6.10. The number of rotatable bonds is 4. The van der Waals surface area contributed by atoms with Crippen LogP contribution in [0.15, 0.2) is 30.5 Å². The van der Waals surface area contributed by atoms with Gasteiger partial charge in [-0.1, -0.05) is 0 Å². The molecular formula is C18H22N4OS. The largest absolute Gasteiger partial charge is 0.366 e. The Balaban J connectivity index is 1.28. The lowest BCUT2D eigenvalue weighted by atomic mass is 10.0. The second kappa shape index (κ2) is 6.51. The summed E-state index contributed by atoms with van der Waals surface area (Å²) in [5.74, 6) is 1.85. The van der Waals surface area contributed by atoms with E-state index in [0.717, 1.165) is 38.2 Å². The summed E-state index contributed by atoms with van der Waals surface area (Å²) in [5.41, 5.74) is 0. The predicted octanol–water partition coefficient (Wildman–Crippen LogP) is 3.05. The number of nitrogens with one attached hydrogen (secondary N) is 1. The highest BCUT2D eigenvalue weighted by atomic mass is 32.1. The molecule has 126 valence electrons. The summed E-state index contributed by atoms with van der Waals surface area (Å²) in [6, 6.07) is 8.54. The molecular weight excluding hydrogens is 320 g/mol. The number of piperidine rings is 1. The SMILES string of the molecule is Cc1ccc([C@H]2C[C@H]2C(=O)N2CCC(Nc3cccnn3)CC2)s1. The number of likely N-dealkylation sites (tertiary alicyclic amines) is 1. The van der Waals surface area contributed by atoms with Crippen molar-refractivity contribution >= 4 is 23.1 Å². The molecule has 2 aliphatic rings. The molecule has 3 heterocycles. The van der Waals surface area contributed by atoms with Crippen LogP contribution in [0.5, 0.6) is 0 Å². The van der Waals surface area contributed by atoms with E-state index in [9.17, 15) is 4.79 Å². The van der Waals surface area contributed by atoms with Crippen molar-refractivity contribution in [2.75, 3.05) is 18.4 Å². The molecule has 1 N–H and O–H groups in total. The van der Waals surface area contributed by atoms with Crippen LogP contribution in [0.1, 0.15) is 34.9 Å². The van der Waals surface area contributed by atoms with Crippen molar-refractivity contribution in [2.24, 2.45) is 5.92 Å².